The molecule has 1 aliphatic rings. The van der Waals surface area contributed by atoms with Gasteiger partial charge >= 0.3 is 0 Å². The molecule has 0 aliphatic carbocycles. The lowest BCUT2D eigenvalue weighted by Gasteiger charge is -2.28. The fraction of sp³-hybridized carbons (Fsp3) is 0.294. The van der Waals surface area contributed by atoms with Crippen LogP contribution in [0.3, 0.4) is 0 Å². The highest BCUT2D eigenvalue weighted by Gasteiger charge is 2.17. The molecule has 0 radical (unpaired) electrons. The SMILES string of the molecule is CCOc1ccc(C2=CCN(c3cn[nH]c(=O)c3Cl)CC2)cc1. The van der Waals surface area contributed by atoms with Crippen LogP contribution in [0.1, 0.15) is 18.9 Å². The molecule has 0 amide bonds. The van der Waals surface area contributed by atoms with Crippen LogP contribution >= 0.6 is 11.6 Å². The van der Waals surface area contributed by atoms with Crippen molar-refractivity contribution in [1.29, 1.82) is 0 Å². The first-order valence-electron chi connectivity index (χ1n) is 7.59. The van der Waals surface area contributed by atoms with E-state index in [4.69, 9.17) is 16.3 Å². The van der Waals surface area contributed by atoms with Crippen LogP contribution in [0.2, 0.25) is 5.02 Å². The number of aromatic amines is 1. The second kappa shape index (κ2) is 6.87. The lowest BCUT2D eigenvalue weighted by atomic mass is 9.99. The van der Waals surface area contributed by atoms with Crippen molar-refractivity contribution in [2.75, 3.05) is 24.6 Å². The van der Waals surface area contributed by atoms with Crippen LogP contribution in [-0.2, 0) is 0 Å². The van der Waals surface area contributed by atoms with E-state index in [1.54, 1.807) is 6.20 Å². The van der Waals surface area contributed by atoms with Crippen molar-refractivity contribution in [3.8, 4) is 5.75 Å². The van der Waals surface area contributed by atoms with Crippen molar-refractivity contribution < 1.29 is 4.74 Å². The normalized spacial score (nSPS) is 14.5. The van der Waals surface area contributed by atoms with Gasteiger partial charge in [-0.15, -0.1) is 0 Å². The summed E-state index contributed by atoms with van der Waals surface area (Å²) in [5, 5.41) is 6.36. The van der Waals surface area contributed by atoms with Gasteiger partial charge in [-0.05, 0) is 36.6 Å². The number of nitrogens with zero attached hydrogens (tertiary/aromatic N) is 2. The lowest BCUT2D eigenvalue weighted by Crippen LogP contribution is -2.30. The number of hydrogen-bond donors (Lipinski definition) is 1. The molecule has 0 saturated carbocycles. The second-order valence-electron chi connectivity index (χ2n) is 5.28. The van der Waals surface area contributed by atoms with E-state index in [2.05, 4.69) is 33.3 Å². The standard InChI is InChI=1S/C17H18ClN3O2/c1-2-23-14-5-3-12(4-6-14)13-7-9-21(10-8-13)15-11-19-20-17(22)16(15)18/h3-7,11H,2,8-10H2,1H3,(H,20,22). The Morgan fingerprint density at radius 3 is 2.78 bits per heavy atom. The topological polar surface area (TPSA) is 58.2 Å². The Morgan fingerprint density at radius 2 is 2.13 bits per heavy atom. The van der Waals surface area contributed by atoms with Crippen molar-refractivity contribution in [2.24, 2.45) is 0 Å². The van der Waals surface area contributed by atoms with Crippen LogP contribution < -0.4 is 15.2 Å². The summed E-state index contributed by atoms with van der Waals surface area (Å²) >= 11 is 6.07. The Hall–Kier alpha value is -2.27. The zero-order valence-electron chi connectivity index (χ0n) is 12.9. The fourth-order valence-electron chi connectivity index (χ4n) is 2.68. The van der Waals surface area contributed by atoms with Gasteiger partial charge in [0.05, 0.1) is 18.5 Å². The zero-order chi connectivity index (χ0) is 16.2. The summed E-state index contributed by atoms with van der Waals surface area (Å²) in [6.45, 7) is 4.14. The van der Waals surface area contributed by atoms with Gasteiger partial charge in [-0.25, -0.2) is 5.10 Å². The molecular weight excluding hydrogens is 314 g/mol. The quantitative estimate of drug-likeness (QED) is 0.935. The van der Waals surface area contributed by atoms with Crippen molar-refractivity contribution >= 4 is 22.9 Å². The molecule has 2 aromatic rings. The number of H-pyrrole nitrogens is 1. The molecule has 0 spiro atoms. The molecule has 1 aromatic carbocycles. The van der Waals surface area contributed by atoms with E-state index in [0.29, 0.717) is 18.8 Å². The summed E-state index contributed by atoms with van der Waals surface area (Å²) < 4.78 is 5.47. The van der Waals surface area contributed by atoms with Crippen molar-refractivity contribution in [3.63, 3.8) is 0 Å². The highest BCUT2D eigenvalue weighted by Crippen LogP contribution is 2.28. The number of aromatic nitrogens is 2. The summed E-state index contributed by atoms with van der Waals surface area (Å²) in [5.74, 6) is 0.885. The fourth-order valence-corrected chi connectivity index (χ4v) is 2.89. The van der Waals surface area contributed by atoms with Crippen molar-refractivity contribution in [1.82, 2.24) is 10.2 Å². The van der Waals surface area contributed by atoms with Gasteiger partial charge in [0, 0.05) is 13.1 Å². The van der Waals surface area contributed by atoms with E-state index in [1.165, 1.54) is 11.1 Å². The minimum absolute atomic E-state index is 0.193. The van der Waals surface area contributed by atoms with E-state index in [9.17, 15) is 4.79 Å². The molecule has 0 unspecified atom stereocenters. The number of nitrogens with one attached hydrogen (secondary N) is 1. The first-order valence-corrected chi connectivity index (χ1v) is 7.97. The lowest BCUT2D eigenvalue weighted by molar-refractivity contribution is 0.340. The smallest absolute Gasteiger partial charge is 0.285 e. The molecular formula is C17H18ClN3O2. The Morgan fingerprint density at radius 1 is 1.35 bits per heavy atom. The molecule has 23 heavy (non-hydrogen) atoms. The molecule has 1 aliphatic heterocycles. The Bertz CT molecular complexity index is 768. The average molecular weight is 332 g/mol. The van der Waals surface area contributed by atoms with E-state index >= 15 is 0 Å². The second-order valence-corrected chi connectivity index (χ2v) is 5.66. The van der Waals surface area contributed by atoms with Crippen LogP contribution in [0.15, 0.2) is 41.3 Å². The van der Waals surface area contributed by atoms with Gasteiger partial charge in [-0.2, -0.15) is 5.10 Å². The van der Waals surface area contributed by atoms with E-state index in [1.807, 2.05) is 19.1 Å². The van der Waals surface area contributed by atoms with Crippen LogP contribution in [0.25, 0.3) is 5.57 Å². The molecule has 0 atom stereocenters. The maximum atomic E-state index is 11.5. The summed E-state index contributed by atoms with van der Waals surface area (Å²) in [6, 6.07) is 8.13. The minimum Gasteiger partial charge on any atom is -0.494 e. The molecule has 120 valence electrons. The number of hydrogen-bond acceptors (Lipinski definition) is 4. The maximum Gasteiger partial charge on any atom is 0.285 e. The maximum absolute atomic E-state index is 11.5. The van der Waals surface area contributed by atoms with Gasteiger partial charge in [-0.3, -0.25) is 4.79 Å². The van der Waals surface area contributed by atoms with Gasteiger partial charge in [0.2, 0.25) is 0 Å². The van der Waals surface area contributed by atoms with Crippen molar-refractivity contribution in [2.45, 2.75) is 13.3 Å². The number of ether oxygens (including phenoxy) is 1. The third-order valence-corrected chi connectivity index (χ3v) is 4.23. The highest BCUT2D eigenvalue weighted by molar-refractivity contribution is 6.33. The monoisotopic (exact) mass is 331 g/mol. The van der Waals surface area contributed by atoms with Crippen LogP contribution in [0, 0.1) is 0 Å². The van der Waals surface area contributed by atoms with Gasteiger partial charge in [0.15, 0.2) is 0 Å². The summed E-state index contributed by atoms with van der Waals surface area (Å²) in [5.41, 5.74) is 2.81. The Kier molecular flexibility index (Phi) is 4.67. The zero-order valence-corrected chi connectivity index (χ0v) is 13.6. The van der Waals surface area contributed by atoms with Crippen LogP contribution in [0.5, 0.6) is 5.75 Å². The number of halogens is 1. The third kappa shape index (κ3) is 3.40. The van der Waals surface area contributed by atoms with Gasteiger partial charge in [0.25, 0.3) is 5.56 Å². The predicted molar refractivity (Wildman–Crippen MR) is 92.3 cm³/mol. The van der Waals surface area contributed by atoms with E-state index < -0.39 is 0 Å². The van der Waals surface area contributed by atoms with E-state index in [-0.39, 0.29) is 10.6 Å². The predicted octanol–water partition coefficient (Wildman–Crippen LogP) is 3.12. The molecule has 1 N–H and O–H groups in total. The summed E-state index contributed by atoms with van der Waals surface area (Å²) in [4.78, 5) is 13.6. The van der Waals surface area contributed by atoms with Crippen LogP contribution in [0.4, 0.5) is 5.69 Å². The van der Waals surface area contributed by atoms with Gasteiger partial charge in [-0.1, -0.05) is 29.8 Å². The molecule has 0 fully saturated rings. The molecule has 1 aromatic heterocycles. The first-order chi connectivity index (χ1) is 11.2. The largest absolute Gasteiger partial charge is 0.494 e. The number of anilines is 1. The number of rotatable bonds is 4. The molecule has 2 heterocycles. The molecule has 0 bridgehead atoms. The molecule has 5 nitrogen and oxygen atoms in total. The first kappa shape index (κ1) is 15.6. The van der Waals surface area contributed by atoms with Crippen LogP contribution in [-0.4, -0.2) is 29.9 Å². The minimum atomic E-state index is -0.356. The Labute approximate surface area is 139 Å². The highest BCUT2D eigenvalue weighted by atomic mass is 35.5. The van der Waals surface area contributed by atoms with Gasteiger partial charge in [0.1, 0.15) is 10.8 Å². The number of benzene rings is 1. The van der Waals surface area contributed by atoms with E-state index in [0.717, 1.165) is 18.7 Å². The Balaban J connectivity index is 1.75. The van der Waals surface area contributed by atoms with Crippen molar-refractivity contribution in [3.05, 3.63) is 57.5 Å². The summed E-state index contributed by atoms with van der Waals surface area (Å²) in [6.07, 6.45) is 4.65. The third-order valence-electron chi connectivity index (χ3n) is 3.86. The molecule has 6 heteroatoms. The summed E-state index contributed by atoms with van der Waals surface area (Å²) in [7, 11) is 0. The molecule has 3 rings (SSSR count). The average Bonchev–Trinajstić information content (AvgIpc) is 2.59. The van der Waals surface area contributed by atoms with Gasteiger partial charge < -0.3 is 9.64 Å². The molecule has 0 saturated heterocycles.